The second kappa shape index (κ2) is 8.70. The molecule has 1 aliphatic heterocycles. The highest BCUT2D eigenvalue weighted by Gasteiger charge is 2.24. The number of rotatable bonds is 5. The van der Waals surface area contributed by atoms with Crippen molar-refractivity contribution in [3.63, 3.8) is 0 Å². The molecular formula is C20H24FN3O3S. The maximum atomic E-state index is 13.6. The first-order valence-electron chi connectivity index (χ1n) is 9.32. The van der Waals surface area contributed by atoms with Gasteiger partial charge in [-0.15, -0.1) is 0 Å². The quantitative estimate of drug-likeness (QED) is 0.800. The Kier molecular flexibility index (Phi) is 6.31. The molecule has 1 fully saturated rings. The third-order valence-electron chi connectivity index (χ3n) is 4.66. The molecule has 0 spiro atoms. The maximum Gasteiger partial charge on any atom is 0.224 e. The van der Waals surface area contributed by atoms with E-state index in [0.717, 1.165) is 44.4 Å². The summed E-state index contributed by atoms with van der Waals surface area (Å²) >= 11 is 0. The fourth-order valence-corrected chi connectivity index (χ4v) is 4.58. The highest BCUT2D eigenvalue weighted by atomic mass is 32.2. The minimum Gasteiger partial charge on any atom is -0.370 e. The van der Waals surface area contributed by atoms with Gasteiger partial charge in [-0.3, -0.25) is 4.79 Å². The van der Waals surface area contributed by atoms with Crippen LogP contribution < -0.4 is 15.5 Å². The molecule has 2 N–H and O–H groups in total. The van der Waals surface area contributed by atoms with Gasteiger partial charge < -0.3 is 15.5 Å². The molecule has 2 aromatic carbocycles. The number of halogens is 1. The van der Waals surface area contributed by atoms with Crippen LogP contribution in [0.4, 0.5) is 15.8 Å². The highest BCUT2D eigenvalue weighted by Crippen LogP contribution is 2.32. The lowest BCUT2D eigenvalue weighted by molar-refractivity contribution is -0.115. The van der Waals surface area contributed by atoms with Crippen LogP contribution in [-0.2, 0) is 14.6 Å². The third-order valence-corrected chi connectivity index (χ3v) is 6.47. The van der Waals surface area contributed by atoms with Crippen LogP contribution in [0.1, 0.15) is 19.8 Å². The monoisotopic (exact) mass is 405 g/mol. The number of hydrogen-bond acceptors (Lipinski definition) is 5. The van der Waals surface area contributed by atoms with Crippen LogP contribution in [0.15, 0.2) is 52.3 Å². The molecule has 0 saturated carbocycles. The molecule has 0 unspecified atom stereocenters. The number of nitrogens with zero attached hydrogens (tertiary/aromatic N) is 1. The molecule has 0 aromatic heterocycles. The molecule has 0 bridgehead atoms. The normalized spacial score (nSPS) is 15.1. The third kappa shape index (κ3) is 4.51. The van der Waals surface area contributed by atoms with Crippen LogP contribution in [0.2, 0.25) is 0 Å². The van der Waals surface area contributed by atoms with Crippen LogP contribution >= 0.6 is 0 Å². The summed E-state index contributed by atoms with van der Waals surface area (Å²) in [4.78, 5) is 14.0. The smallest absolute Gasteiger partial charge is 0.224 e. The van der Waals surface area contributed by atoms with Crippen molar-refractivity contribution in [2.24, 2.45) is 0 Å². The summed E-state index contributed by atoms with van der Waals surface area (Å²) in [5.41, 5.74) is 1.05. The Morgan fingerprint density at radius 2 is 2.00 bits per heavy atom. The maximum absolute atomic E-state index is 13.6. The Labute approximate surface area is 164 Å². The number of amides is 1. The van der Waals surface area contributed by atoms with Gasteiger partial charge in [0.05, 0.1) is 15.5 Å². The Morgan fingerprint density at radius 1 is 1.18 bits per heavy atom. The average molecular weight is 405 g/mol. The molecule has 6 nitrogen and oxygen atoms in total. The molecular weight excluding hydrogens is 381 g/mol. The van der Waals surface area contributed by atoms with E-state index in [1.54, 1.807) is 19.1 Å². The number of anilines is 2. The topological polar surface area (TPSA) is 78.5 Å². The van der Waals surface area contributed by atoms with Gasteiger partial charge in [0.2, 0.25) is 15.7 Å². The van der Waals surface area contributed by atoms with Crippen LogP contribution in [-0.4, -0.2) is 40.5 Å². The predicted molar refractivity (Wildman–Crippen MR) is 107 cm³/mol. The van der Waals surface area contributed by atoms with Gasteiger partial charge in [-0.2, -0.15) is 0 Å². The fourth-order valence-electron chi connectivity index (χ4n) is 3.15. The Hall–Kier alpha value is -2.45. The van der Waals surface area contributed by atoms with Crippen molar-refractivity contribution >= 4 is 27.1 Å². The standard InChI is InChI=1S/C20H24FN3O3S/c1-2-20(25)23-18-14-16(24-11-4-9-22-10-12-24)7-8-19(18)28(26,27)17-6-3-5-15(21)13-17/h3,5-8,13-14,22H,2,4,9-12H2,1H3,(H,23,25). The first kappa shape index (κ1) is 20.3. The Balaban J connectivity index is 2.05. The zero-order valence-electron chi connectivity index (χ0n) is 15.7. The lowest BCUT2D eigenvalue weighted by atomic mass is 10.2. The lowest BCUT2D eigenvalue weighted by Crippen LogP contribution is -2.28. The SMILES string of the molecule is CCC(=O)Nc1cc(N2CCCNCC2)ccc1S(=O)(=O)c1cccc(F)c1. The van der Waals surface area contributed by atoms with E-state index in [-0.39, 0.29) is 27.8 Å². The first-order chi connectivity index (χ1) is 13.4. The van der Waals surface area contributed by atoms with Gasteiger partial charge in [0.15, 0.2) is 0 Å². The molecule has 28 heavy (non-hydrogen) atoms. The number of carbonyl (C=O) groups excluding carboxylic acids is 1. The second-order valence-electron chi connectivity index (χ2n) is 6.63. The molecule has 150 valence electrons. The number of sulfone groups is 1. The first-order valence-corrected chi connectivity index (χ1v) is 10.8. The summed E-state index contributed by atoms with van der Waals surface area (Å²) in [6.07, 6.45) is 1.19. The molecule has 0 aliphatic carbocycles. The number of carbonyl (C=O) groups is 1. The summed E-state index contributed by atoms with van der Waals surface area (Å²) in [5.74, 6) is -0.917. The molecule has 2 aromatic rings. The van der Waals surface area contributed by atoms with Gasteiger partial charge in [-0.1, -0.05) is 13.0 Å². The van der Waals surface area contributed by atoms with Crippen LogP contribution in [0.5, 0.6) is 0 Å². The van der Waals surface area contributed by atoms with Crippen molar-refractivity contribution in [2.45, 2.75) is 29.6 Å². The summed E-state index contributed by atoms with van der Waals surface area (Å²) in [6.45, 7) is 5.09. The average Bonchev–Trinajstić information content (AvgIpc) is 2.97. The van der Waals surface area contributed by atoms with Crippen LogP contribution in [0.3, 0.4) is 0 Å². The molecule has 1 heterocycles. The number of benzene rings is 2. The largest absolute Gasteiger partial charge is 0.370 e. The van der Waals surface area contributed by atoms with Crippen molar-refractivity contribution in [3.05, 3.63) is 48.3 Å². The molecule has 0 atom stereocenters. The minimum absolute atomic E-state index is 0.0448. The summed E-state index contributed by atoms with van der Waals surface area (Å²) in [6, 6.07) is 9.77. The van der Waals surface area contributed by atoms with E-state index in [0.29, 0.717) is 0 Å². The van der Waals surface area contributed by atoms with E-state index >= 15 is 0 Å². The van der Waals surface area contributed by atoms with E-state index in [2.05, 4.69) is 15.5 Å². The molecule has 1 aliphatic rings. The summed E-state index contributed by atoms with van der Waals surface area (Å²) in [5, 5.41) is 6.01. The van der Waals surface area contributed by atoms with Gasteiger partial charge in [-0.25, -0.2) is 12.8 Å². The Morgan fingerprint density at radius 3 is 2.75 bits per heavy atom. The minimum atomic E-state index is -3.99. The lowest BCUT2D eigenvalue weighted by Gasteiger charge is -2.24. The van der Waals surface area contributed by atoms with E-state index in [4.69, 9.17) is 0 Å². The zero-order valence-corrected chi connectivity index (χ0v) is 16.6. The molecule has 1 saturated heterocycles. The van der Waals surface area contributed by atoms with Crippen molar-refractivity contribution < 1.29 is 17.6 Å². The molecule has 8 heteroatoms. The van der Waals surface area contributed by atoms with Crippen molar-refractivity contribution in [1.82, 2.24) is 5.32 Å². The molecule has 0 radical (unpaired) electrons. The Bertz CT molecular complexity index is 955. The highest BCUT2D eigenvalue weighted by molar-refractivity contribution is 7.91. The van der Waals surface area contributed by atoms with Gasteiger partial charge >= 0.3 is 0 Å². The van der Waals surface area contributed by atoms with Gasteiger partial charge in [0.25, 0.3) is 0 Å². The molecule has 3 rings (SSSR count). The zero-order chi connectivity index (χ0) is 20.1. The number of nitrogens with one attached hydrogen (secondary N) is 2. The second-order valence-corrected chi connectivity index (χ2v) is 8.55. The van der Waals surface area contributed by atoms with Crippen molar-refractivity contribution in [1.29, 1.82) is 0 Å². The van der Waals surface area contributed by atoms with E-state index in [1.807, 2.05) is 0 Å². The van der Waals surface area contributed by atoms with E-state index < -0.39 is 15.7 Å². The van der Waals surface area contributed by atoms with Crippen molar-refractivity contribution in [3.8, 4) is 0 Å². The summed E-state index contributed by atoms with van der Waals surface area (Å²) in [7, 11) is -3.99. The van der Waals surface area contributed by atoms with E-state index in [1.165, 1.54) is 24.3 Å². The predicted octanol–water partition coefficient (Wildman–Crippen LogP) is 2.81. The molecule has 1 amide bonds. The van der Waals surface area contributed by atoms with Crippen molar-refractivity contribution in [2.75, 3.05) is 36.4 Å². The number of hydrogen-bond donors (Lipinski definition) is 2. The van der Waals surface area contributed by atoms with Crippen LogP contribution in [0.25, 0.3) is 0 Å². The van der Waals surface area contributed by atoms with Gasteiger partial charge in [0, 0.05) is 31.7 Å². The fraction of sp³-hybridized carbons (Fsp3) is 0.350. The van der Waals surface area contributed by atoms with Crippen LogP contribution in [0, 0.1) is 5.82 Å². The van der Waals surface area contributed by atoms with Gasteiger partial charge in [0.1, 0.15) is 5.82 Å². The van der Waals surface area contributed by atoms with E-state index in [9.17, 15) is 17.6 Å². The summed E-state index contributed by atoms with van der Waals surface area (Å²) < 4.78 is 39.7. The van der Waals surface area contributed by atoms with Gasteiger partial charge in [-0.05, 0) is 49.4 Å².